The summed E-state index contributed by atoms with van der Waals surface area (Å²) in [5, 5.41) is 24.3. The number of nitrogens with one attached hydrogen (secondary N) is 1. The Labute approximate surface area is 98.8 Å². The highest BCUT2D eigenvalue weighted by Crippen LogP contribution is 2.29. The molecule has 0 aliphatic carbocycles. The zero-order valence-electron chi connectivity index (χ0n) is 8.98. The van der Waals surface area contributed by atoms with E-state index in [-0.39, 0.29) is 11.1 Å². The van der Waals surface area contributed by atoms with Crippen molar-refractivity contribution in [1.82, 2.24) is 4.91 Å². The summed E-state index contributed by atoms with van der Waals surface area (Å²) in [5.41, 5.74) is 4.72. The van der Waals surface area contributed by atoms with E-state index in [2.05, 4.69) is 10.0 Å². The Morgan fingerprint density at radius 2 is 1.72 bits per heavy atom. The Hall–Kier alpha value is -3.00. The second kappa shape index (κ2) is 4.89. The van der Waals surface area contributed by atoms with E-state index in [4.69, 9.17) is 5.53 Å². The van der Waals surface area contributed by atoms with Gasteiger partial charge in [-0.05, 0) is 6.92 Å². The van der Waals surface area contributed by atoms with Crippen LogP contribution in [0.5, 0.6) is 0 Å². The summed E-state index contributed by atoms with van der Waals surface area (Å²) >= 11 is 0. The summed E-state index contributed by atoms with van der Waals surface area (Å²) < 4.78 is 0. The lowest BCUT2D eigenvalue weighted by Gasteiger charge is -2.00. The Kier molecular flexibility index (Phi) is 3.55. The van der Waals surface area contributed by atoms with Crippen molar-refractivity contribution < 1.29 is 14.6 Å². The van der Waals surface area contributed by atoms with Crippen LogP contribution in [0.15, 0.2) is 17.2 Å². The number of nitro groups is 2. The first-order valence-corrected chi connectivity index (χ1v) is 4.43. The molecule has 0 heterocycles. The summed E-state index contributed by atoms with van der Waals surface area (Å²) in [6.07, 6.45) is 0. The predicted molar refractivity (Wildman–Crippen MR) is 56.1 cm³/mol. The third kappa shape index (κ3) is 2.39. The van der Waals surface area contributed by atoms with Gasteiger partial charge in [0.05, 0.1) is 15.4 Å². The van der Waals surface area contributed by atoms with Crippen molar-refractivity contribution in [2.75, 3.05) is 0 Å². The van der Waals surface area contributed by atoms with E-state index in [0.29, 0.717) is 0 Å². The van der Waals surface area contributed by atoms with Crippen LogP contribution in [0.25, 0.3) is 0 Å². The van der Waals surface area contributed by atoms with Gasteiger partial charge in [-0.3, -0.25) is 25.0 Å². The number of carbonyl (C=O) groups excluding carboxylic acids is 1. The molecule has 0 unspecified atom stereocenters. The predicted octanol–water partition coefficient (Wildman–Crippen LogP) is 1.50. The molecule has 1 aromatic carbocycles. The Bertz CT molecular complexity index is 569. The van der Waals surface area contributed by atoms with E-state index in [1.165, 1.54) is 6.92 Å². The minimum Gasteiger partial charge on any atom is -0.259 e. The van der Waals surface area contributed by atoms with Gasteiger partial charge in [-0.15, -0.1) is 0 Å². The fourth-order valence-corrected chi connectivity index (χ4v) is 1.29. The number of hydrogen-bond donors (Lipinski definition) is 1. The third-order valence-corrected chi connectivity index (χ3v) is 2.13. The van der Waals surface area contributed by atoms with Gasteiger partial charge in [0.1, 0.15) is 11.1 Å². The van der Waals surface area contributed by atoms with Crippen molar-refractivity contribution in [3.05, 3.63) is 43.5 Å². The number of nitrogens with zero attached hydrogens (tertiary/aromatic N) is 4. The number of hydrogen-bond acceptors (Lipinski definition) is 6. The zero-order valence-corrected chi connectivity index (χ0v) is 8.98. The zero-order chi connectivity index (χ0) is 13.9. The SMILES string of the molecule is Cc1c([N+](=O)[O-])cc(C(=O)N=[N+]=N)cc1[N+](=O)[O-]. The molecule has 0 atom stereocenters. The Balaban J connectivity index is 3.57. The molecule has 1 rings (SSSR count). The van der Waals surface area contributed by atoms with Crippen LogP contribution in [-0.4, -0.2) is 15.8 Å². The smallest absolute Gasteiger partial charge is 0.259 e. The van der Waals surface area contributed by atoms with Crippen LogP contribution in [0.1, 0.15) is 15.9 Å². The van der Waals surface area contributed by atoms with Crippen molar-refractivity contribution in [3.63, 3.8) is 0 Å². The molecule has 0 aliphatic rings. The van der Waals surface area contributed by atoms with Crippen molar-refractivity contribution in [2.24, 2.45) is 5.11 Å². The standard InChI is InChI=1S/C8H6N5O5/c1-4-6(12(15)16)2-5(8(14)10-11-9)3-7(4)13(17)18/h2-3,9H,1H3/q+1. The Morgan fingerprint density at radius 3 is 2.06 bits per heavy atom. The molecule has 0 saturated carbocycles. The lowest BCUT2D eigenvalue weighted by Crippen LogP contribution is -2.03. The highest BCUT2D eigenvalue weighted by atomic mass is 16.6. The van der Waals surface area contributed by atoms with E-state index < -0.39 is 27.1 Å². The van der Waals surface area contributed by atoms with Crippen molar-refractivity contribution in [2.45, 2.75) is 6.92 Å². The first-order valence-electron chi connectivity index (χ1n) is 4.43. The summed E-state index contributed by atoms with van der Waals surface area (Å²) in [6.45, 7) is 1.20. The van der Waals surface area contributed by atoms with Gasteiger partial charge in [0, 0.05) is 12.1 Å². The summed E-state index contributed by atoms with van der Waals surface area (Å²) in [4.78, 5) is 33.5. The second-order valence-corrected chi connectivity index (χ2v) is 3.16. The molecule has 1 aromatic rings. The number of amides is 1. The van der Waals surface area contributed by atoms with Crippen LogP contribution in [0, 0.1) is 32.7 Å². The van der Waals surface area contributed by atoms with E-state index in [1.54, 1.807) is 0 Å². The molecule has 1 N–H and O–H groups in total. The average molecular weight is 252 g/mol. The molecule has 0 fully saturated rings. The normalized spacial score (nSPS) is 9.39. The topological polar surface area (TPSA) is 154 Å². The van der Waals surface area contributed by atoms with Crippen LogP contribution in [0.4, 0.5) is 11.4 Å². The minimum absolute atomic E-state index is 0.163. The lowest BCUT2D eigenvalue weighted by atomic mass is 10.1. The molecule has 1 amide bonds. The molecule has 0 saturated heterocycles. The fraction of sp³-hybridized carbons (Fsp3) is 0.125. The second-order valence-electron chi connectivity index (χ2n) is 3.16. The lowest BCUT2D eigenvalue weighted by molar-refractivity contribution is -0.395. The summed E-state index contributed by atoms with van der Waals surface area (Å²) in [7, 11) is 0. The maximum Gasteiger partial charge on any atom is 0.361 e. The largest absolute Gasteiger partial charge is 0.361 e. The first kappa shape index (κ1) is 13.1. The molecular formula is C8H6N5O5+. The van der Waals surface area contributed by atoms with Gasteiger partial charge < -0.3 is 0 Å². The molecule has 10 heteroatoms. The van der Waals surface area contributed by atoms with Crippen molar-refractivity contribution >= 4 is 17.3 Å². The van der Waals surface area contributed by atoms with Gasteiger partial charge in [0.25, 0.3) is 11.4 Å². The molecule has 0 radical (unpaired) electrons. The van der Waals surface area contributed by atoms with Gasteiger partial charge in [-0.2, -0.15) is 0 Å². The fourth-order valence-electron chi connectivity index (χ4n) is 1.29. The molecule has 0 aliphatic heterocycles. The number of rotatable bonds is 3. The van der Waals surface area contributed by atoms with Gasteiger partial charge >= 0.3 is 5.91 Å². The van der Waals surface area contributed by atoms with Crippen LogP contribution in [0.2, 0.25) is 0 Å². The maximum absolute atomic E-state index is 11.3. The third-order valence-electron chi connectivity index (χ3n) is 2.13. The highest BCUT2D eigenvalue weighted by Gasteiger charge is 2.26. The molecular weight excluding hydrogens is 246 g/mol. The number of nitro benzene ring substituents is 2. The van der Waals surface area contributed by atoms with Gasteiger partial charge in [0.15, 0.2) is 0 Å². The maximum atomic E-state index is 11.3. The number of carbonyl (C=O) groups is 1. The minimum atomic E-state index is -1.06. The quantitative estimate of drug-likeness (QED) is 0.373. The Morgan fingerprint density at radius 1 is 1.28 bits per heavy atom. The van der Waals surface area contributed by atoms with E-state index in [1.807, 2.05) is 0 Å². The van der Waals surface area contributed by atoms with Gasteiger partial charge in [-0.25, -0.2) is 0 Å². The van der Waals surface area contributed by atoms with E-state index in [9.17, 15) is 25.0 Å². The molecule has 18 heavy (non-hydrogen) atoms. The van der Waals surface area contributed by atoms with Gasteiger partial charge in [-0.1, -0.05) is 0 Å². The van der Waals surface area contributed by atoms with E-state index in [0.717, 1.165) is 12.1 Å². The summed E-state index contributed by atoms with van der Waals surface area (Å²) in [5.74, 6) is -1.06. The first-order chi connectivity index (χ1) is 8.38. The van der Waals surface area contributed by atoms with Gasteiger partial charge in [0.2, 0.25) is 10.0 Å². The molecule has 92 valence electrons. The van der Waals surface area contributed by atoms with Crippen molar-refractivity contribution in [3.8, 4) is 0 Å². The monoisotopic (exact) mass is 252 g/mol. The highest BCUT2D eigenvalue weighted by molar-refractivity contribution is 5.96. The van der Waals surface area contributed by atoms with Crippen molar-refractivity contribution in [1.29, 1.82) is 5.53 Å². The molecule has 10 nitrogen and oxygen atoms in total. The molecule has 0 bridgehead atoms. The van der Waals surface area contributed by atoms with Crippen LogP contribution < -0.4 is 4.91 Å². The summed E-state index contributed by atoms with van der Waals surface area (Å²) in [6, 6.07) is 1.72. The van der Waals surface area contributed by atoms with Crippen LogP contribution >= 0.6 is 0 Å². The number of benzene rings is 1. The van der Waals surface area contributed by atoms with Crippen LogP contribution in [-0.2, 0) is 0 Å². The van der Waals surface area contributed by atoms with E-state index >= 15 is 0 Å². The molecule has 0 aromatic heterocycles. The average Bonchev–Trinajstić information content (AvgIpc) is 2.28. The molecule has 0 spiro atoms. The van der Waals surface area contributed by atoms with Crippen LogP contribution in [0.3, 0.4) is 0 Å².